The number of nitrogens with zero attached hydrogens (tertiary/aromatic N) is 2. The van der Waals surface area contributed by atoms with Gasteiger partial charge in [-0.1, -0.05) is 12.1 Å². The summed E-state index contributed by atoms with van der Waals surface area (Å²) in [5.41, 5.74) is 7.53. The second kappa shape index (κ2) is 6.00. The van der Waals surface area contributed by atoms with Gasteiger partial charge in [0.2, 0.25) is 11.7 Å². The van der Waals surface area contributed by atoms with Gasteiger partial charge in [0, 0.05) is 31.3 Å². The van der Waals surface area contributed by atoms with E-state index in [-0.39, 0.29) is 5.95 Å². The van der Waals surface area contributed by atoms with Crippen molar-refractivity contribution in [2.75, 3.05) is 23.4 Å². The van der Waals surface area contributed by atoms with Crippen molar-refractivity contribution in [3.63, 3.8) is 0 Å². The van der Waals surface area contributed by atoms with E-state index in [0.29, 0.717) is 17.2 Å². The quantitative estimate of drug-likeness (QED) is 0.730. The molecule has 0 bridgehead atoms. The normalized spacial score (nSPS) is 10.0. The Hall–Kier alpha value is -2.96. The molecule has 7 heteroatoms. The number of hydrogen-bond acceptors (Lipinski definition) is 6. The molecule has 1 aromatic heterocycles. The fourth-order valence-corrected chi connectivity index (χ4v) is 1.72. The largest absolute Gasteiger partial charge is 0.373 e. The second-order valence-corrected chi connectivity index (χ2v) is 4.34. The molecule has 0 aliphatic heterocycles. The Kier molecular flexibility index (Phi) is 4.13. The van der Waals surface area contributed by atoms with E-state index in [2.05, 4.69) is 20.6 Å². The van der Waals surface area contributed by atoms with Crippen LogP contribution in [0.5, 0.6) is 0 Å². The van der Waals surface area contributed by atoms with Gasteiger partial charge in [0.05, 0.1) is 5.69 Å². The standard InChI is InChI=1S/C14H15N5O2/c1-8(20)13(21)17-10-5-3-4-9(6-10)11-7-12(16-2)19-14(15)18-11/h3-7H,1-2H3,(H,17,21)(H3,15,16,18,19). The van der Waals surface area contributed by atoms with Crippen LogP contribution < -0.4 is 16.4 Å². The topological polar surface area (TPSA) is 110 Å². The minimum absolute atomic E-state index is 0.148. The first-order valence-electron chi connectivity index (χ1n) is 6.24. The molecule has 0 radical (unpaired) electrons. The molecule has 1 aromatic carbocycles. The van der Waals surface area contributed by atoms with E-state index in [4.69, 9.17) is 5.73 Å². The zero-order valence-electron chi connectivity index (χ0n) is 11.7. The van der Waals surface area contributed by atoms with E-state index in [9.17, 15) is 9.59 Å². The number of carbonyl (C=O) groups excluding carboxylic acids is 2. The van der Waals surface area contributed by atoms with E-state index in [1.807, 2.05) is 6.07 Å². The molecule has 0 aliphatic carbocycles. The molecule has 0 spiro atoms. The Balaban J connectivity index is 2.35. The van der Waals surface area contributed by atoms with Crippen LogP contribution in [0.4, 0.5) is 17.5 Å². The summed E-state index contributed by atoms with van der Waals surface area (Å²) in [6.07, 6.45) is 0. The molecule has 1 heterocycles. The average Bonchev–Trinajstić information content (AvgIpc) is 2.46. The van der Waals surface area contributed by atoms with Gasteiger partial charge in [-0.25, -0.2) is 4.98 Å². The number of hydrogen-bond donors (Lipinski definition) is 3. The lowest BCUT2D eigenvalue weighted by molar-refractivity contribution is -0.133. The highest BCUT2D eigenvalue weighted by molar-refractivity contribution is 6.39. The number of Topliss-reactive ketones (excluding diaryl/α,β-unsaturated/α-hetero) is 1. The molecule has 0 aliphatic rings. The third-order valence-electron chi connectivity index (χ3n) is 2.74. The van der Waals surface area contributed by atoms with Crippen LogP contribution in [0, 0.1) is 0 Å². The molecule has 21 heavy (non-hydrogen) atoms. The van der Waals surface area contributed by atoms with Crippen molar-refractivity contribution in [3.8, 4) is 11.3 Å². The van der Waals surface area contributed by atoms with E-state index in [1.165, 1.54) is 6.92 Å². The van der Waals surface area contributed by atoms with E-state index in [1.54, 1.807) is 31.3 Å². The van der Waals surface area contributed by atoms with Gasteiger partial charge in [0.1, 0.15) is 5.82 Å². The summed E-state index contributed by atoms with van der Waals surface area (Å²) >= 11 is 0. The number of carbonyl (C=O) groups is 2. The van der Waals surface area contributed by atoms with Crippen LogP contribution in [0.2, 0.25) is 0 Å². The van der Waals surface area contributed by atoms with Crippen LogP contribution in [0.3, 0.4) is 0 Å². The van der Waals surface area contributed by atoms with Gasteiger partial charge >= 0.3 is 0 Å². The molecule has 0 atom stereocenters. The monoisotopic (exact) mass is 285 g/mol. The summed E-state index contributed by atoms with van der Waals surface area (Å²) in [5, 5.41) is 5.41. The maximum atomic E-state index is 11.4. The fraction of sp³-hybridized carbons (Fsp3) is 0.143. The Bertz CT molecular complexity index is 700. The lowest BCUT2D eigenvalue weighted by atomic mass is 10.1. The summed E-state index contributed by atoms with van der Waals surface area (Å²) in [4.78, 5) is 30.5. The minimum Gasteiger partial charge on any atom is -0.373 e. The number of aromatic nitrogens is 2. The summed E-state index contributed by atoms with van der Waals surface area (Å²) < 4.78 is 0. The van der Waals surface area contributed by atoms with E-state index in [0.717, 1.165) is 5.56 Å². The highest BCUT2D eigenvalue weighted by Crippen LogP contribution is 2.23. The first kappa shape index (κ1) is 14.4. The molecular weight excluding hydrogens is 270 g/mol. The molecule has 4 N–H and O–H groups in total. The van der Waals surface area contributed by atoms with E-state index >= 15 is 0 Å². The summed E-state index contributed by atoms with van der Waals surface area (Å²) in [6, 6.07) is 8.71. The van der Waals surface area contributed by atoms with Gasteiger partial charge in [-0.3, -0.25) is 9.59 Å². The first-order chi connectivity index (χ1) is 9.99. The molecular formula is C14H15N5O2. The lowest BCUT2D eigenvalue weighted by Gasteiger charge is -2.08. The SMILES string of the molecule is CNc1cc(-c2cccc(NC(=O)C(C)=O)c2)nc(N)n1. The van der Waals surface area contributed by atoms with Crippen molar-refractivity contribution < 1.29 is 9.59 Å². The maximum absolute atomic E-state index is 11.4. The number of benzene rings is 1. The summed E-state index contributed by atoms with van der Waals surface area (Å²) in [6.45, 7) is 1.21. The Morgan fingerprint density at radius 1 is 1.19 bits per heavy atom. The molecule has 1 amide bonds. The second-order valence-electron chi connectivity index (χ2n) is 4.34. The van der Waals surface area contributed by atoms with E-state index < -0.39 is 11.7 Å². The number of nitrogens with one attached hydrogen (secondary N) is 2. The molecule has 2 rings (SSSR count). The zero-order valence-corrected chi connectivity index (χ0v) is 11.7. The Morgan fingerprint density at radius 2 is 1.95 bits per heavy atom. The first-order valence-corrected chi connectivity index (χ1v) is 6.24. The van der Waals surface area contributed by atoms with Gasteiger partial charge in [0.25, 0.3) is 5.91 Å². The number of amides is 1. The van der Waals surface area contributed by atoms with Gasteiger partial charge in [0.15, 0.2) is 0 Å². The van der Waals surface area contributed by atoms with Gasteiger partial charge in [-0.15, -0.1) is 0 Å². The smallest absolute Gasteiger partial charge is 0.291 e. The van der Waals surface area contributed by atoms with Crippen molar-refractivity contribution in [3.05, 3.63) is 30.3 Å². The van der Waals surface area contributed by atoms with Crippen LogP contribution in [-0.2, 0) is 9.59 Å². The van der Waals surface area contributed by atoms with Crippen molar-refractivity contribution in [2.45, 2.75) is 6.92 Å². The molecule has 0 unspecified atom stereocenters. The van der Waals surface area contributed by atoms with Crippen LogP contribution >= 0.6 is 0 Å². The Morgan fingerprint density at radius 3 is 2.62 bits per heavy atom. The number of nitrogen functional groups attached to an aromatic ring is 1. The lowest BCUT2D eigenvalue weighted by Crippen LogP contribution is -2.19. The number of anilines is 3. The van der Waals surface area contributed by atoms with Crippen LogP contribution in [0.1, 0.15) is 6.92 Å². The highest BCUT2D eigenvalue weighted by Gasteiger charge is 2.09. The van der Waals surface area contributed by atoms with Gasteiger partial charge in [-0.05, 0) is 12.1 Å². The number of rotatable bonds is 4. The third-order valence-corrected chi connectivity index (χ3v) is 2.74. The summed E-state index contributed by atoms with van der Waals surface area (Å²) in [7, 11) is 1.73. The predicted molar refractivity (Wildman–Crippen MR) is 80.7 cm³/mol. The Labute approximate surface area is 121 Å². The number of nitrogens with two attached hydrogens (primary N) is 1. The van der Waals surface area contributed by atoms with Crippen LogP contribution in [-0.4, -0.2) is 28.7 Å². The van der Waals surface area contributed by atoms with Gasteiger partial charge < -0.3 is 16.4 Å². The zero-order chi connectivity index (χ0) is 15.4. The van der Waals surface area contributed by atoms with Crippen molar-refractivity contribution >= 4 is 29.1 Å². The molecule has 0 saturated carbocycles. The maximum Gasteiger partial charge on any atom is 0.291 e. The molecule has 7 nitrogen and oxygen atoms in total. The number of ketones is 1. The summed E-state index contributed by atoms with van der Waals surface area (Å²) in [5.74, 6) is -0.472. The van der Waals surface area contributed by atoms with Gasteiger partial charge in [-0.2, -0.15) is 4.98 Å². The average molecular weight is 285 g/mol. The third kappa shape index (κ3) is 3.53. The van der Waals surface area contributed by atoms with Crippen LogP contribution in [0.25, 0.3) is 11.3 Å². The fourth-order valence-electron chi connectivity index (χ4n) is 1.72. The predicted octanol–water partition coefficient (Wildman–Crippen LogP) is 1.29. The van der Waals surface area contributed by atoms with Crippen LogP contribution in [0.15, 0.2) is 30.3 Å². The van der Waals surface area contributed by atoms with Crippen molar-refractivity contribution in [2.24, 2.45) is 0 Å². The molecule has 108 valence electrons. The minimum atomic E-state index is -0.662. The molecule has 0 fully saturated rings. The molecule has 0 saturated heterocycles. The highest BCUT2D eigenvalue weighted by atomic mass is 16.2. The van der Waals surface area contributed by atoms with Crippen molar-refractivity contribution in [1.29, 1.82) is 0 Å². The molecule has 2 aromatic rings. The van der Waals surface area contributed by atoms with Crippen molar-refractivity contribution in [1.82, 2.24) is 9.97 Å².